The van der Waals surface area contributed by atoms with Gasteiger partial charge >= 0.3 is 0 Å². The number of carbonyl (C=O) groups is 1. The van der Waals surface area contributed by atoms with Gasteiger partial charge < -0.3 is 10.2 Å². The van der Waals surface area contributed by atoms with Crippen LogP contribution >= 0.6 is 0 Å². The molecule has 0 aromatic rings. The lowest BCUT2D eigenvalue weighted by Crippen LogP contribution is -2.51. The zero-order valence-corrected chi connectivity index (χ0v) is 10.7. The van der Waals surface area contributed by atoms with Gasteiger partial charge in [0, 0.05) is 13.6 Å². The molecule has 1 saturated heterocycles. The van der Waals surface area contributed by atoms with Crippen LogP contribution in [0.1, 0.15) is 33.1 Å². The lowest BCUT2D eigenvalue weighted by atomic mass is 9.92. The first-order valence-corrected chi connectivity index (χ1v) is 6.58. The molecule has 2 fully saturated rings. The quantitative estimate of drug-likeness (QED) is 0.787. The van der Waals surface area contributed by atoms with Gasteiger partial charge in [-0.1, -0.05) is 13.8 Å². The number of hydrogen-bond donors (Lipinski definition) is 1. The molecule has 0 aromatic heterocycles. The summed E-state index contributed by atoms with van der Waals surface area (Å²) >= 11 is 0. The van der Waals surface area contributed by atoms with Gasteiger partial charge in [-0.2, -0.15) is 0 Å². The molecule has 3 heteroatoms. The first-order chi connectivity index (χ1) is 7.59. The predicted molar refractivity (Wildman–Crippen MR) is 65.1 cm³/mol. The lowest BCUT2D eigenvalue weighted by Gasteiger charge is -2.32. The number of carbonyl (C=O) groups excluding carboxylic acids is 1. The molecule has 1 aliphatic carbocycles. The SMILES string of the molecule is CC1CC1CN(C)C(=O)C1NCCCC1C. The van der Waals surface area contributed by atoms with E-state index in [1.165, 1.54) is 19.3 Å². The van der Waals surface area contributed by atoms with E-state index in [0.29, 0.717) is 11.8 Å². The Morgan fingerprint density at radius 3 is 2.62 bits per heavy atom. The number of piperidine rings is 1. The zero-order chi connectivity index (χ0) is 11.7. The Balaban J connectivity index is 1.84. The third-order valence-corrected chi connectivity index (χ3v) is 4.20. The van der Waals surface area contributed by atoms with Crippen LogP contribution in [0.15, 0.2) is 0 Å². The molecular formula is C13H24N2O. The van der Waals surface area contributed by atoms with Gasteiger partial charge in [0.1, 0.15) is 0 Å². The summed E-state index contributed by atoms with van der Waals surface area (Å²) in [6.07, 6.45) is 3.68. The molecular weight excluding hydrogens is 200 g/mol. The molecule has 0 aromatic carbocycles. The van der Waals surface area contributed by atoms with Crippen LogP contribution in [0.5, 0.6) is 0 Å². The molecule has 0 radical (unpaired) electrons. The molecule has 1 aliphatic heterocycles. The largest absolute Gasteiger partial charge is 0.344 e. The second kappa shape index (κ2) is 4.74. The van der Waals surface area contributed by atoms with Crippen LogP contribution in [0.25, 0.3) is 0 Å². The van der Waals surface area contributed by atoms with Crippen molar-refractivity contribution in [2.24, 2.45) is 17.8 Å². The van der Waals surface area contributed by atoms with E-state index in [0.717, 1.165) is 24.9 Å². The van der Waals surface area contributed by atoms with Crippen LogP contribution in [0.3, 0.4) is 0 Å². The first-order valence-electron chi connectivity index (χ1n) is 6.58. The molecule has 4 atom stereocenters. The molecule has 0 spiro atoms. The lowest BCUT2D eigenvalue weighted by molar-refractivity contribution is -0.134. The van der Waals surface area contributed by atoms with Crippen molar-refractivity contribution in [1.29, 1.82) is 0 Å². The summed E-state index contributed by atoms with van der Waals surface area (Å²) in [5.74, 6) is 2.37. The van der Waals surface area contributed by atoms with Gasteiger partial charge in [-0.3, -0.25) is 4.79 Å². The van der Waals surface area contributed by atoms with E-state index < -0.39 is 0 Å². The predicted octanol–water partition coefficient (Wildman–Crippen LogP) is 1.49. The van der Waals surface area contributed by atoms with Crippen LogP contribution in [-0.2, 0) is 4.79 Å². The molecule has 2 aliphatic rings. The van der Waals surface area contributed by atoms with E-state index in [9.17, 15) is 4.79 Å². The average Bonchev–Trinajstić information content (AvgIpc) is 2.94. The van der Waals surface area contributed by atoms with Crippen molar-refractivity contribution in [2.75, 3.05) is 20.1 Å². The van der Waals surface area contributed by atoms with E-state index in [2.05, 4.69) is 19.2 Å². The van der Waals surface area contributed by atoms with Crippen LogP contribution in [0.2, 0.25) is 0 Å². The first kappa shape index (κ1) is 11.9. The highest BCUT2D eigenvalue weighted by Gasteiger charge is 2.36. The minimum absolute atomic E-state index is 0.0628. The number of nitrogens with one attached hydrogen (secondary N) is 1. The fraction of sp³-hybridized carbons (Fsp3) is 0.923. The van der Waals surface area contributed by atoms with Crippen LogP contribution in [0.4, 0.5) is 0 Å². The summed E-state index contributed by atoms with van der Waals surface area (Å²) in [5.41, 5.74) is 0. The molecule has 1 amide bonds. The Labute approximate surface area is 98.6 Å². The van der Waals surface area contributed by atoms with E-state index in [-0.39, 0.29) is 6.04 Å². The van der Waals surface area contributed by atoms with Gasteiger partial charge in [-0.25, -0.2) is 0 Å². The van der Waals surface area contributed by atoms with Crippen molar-refractivity contribution >= 4 is 5.91 Å². The minimum Gasteiger partial charge on any atom is -0.344 e. The second-order valence-electron chi connectivity index (χ2n) is 5.74. The van der Waals surface area contributed by atoms with Crippen LogP contribution < -0.4 is 5.32 Å². The van der Waals surface area contributed by atoms with Gasteiger partial charge in [-0.05, 0) is 43.6 Å². The third kappa shape index (κ3) is 2.57. The van der Waals surface area contributed by atoms with Crippen molar-refractivity contribution in [3.05, 3.63) is 0 Å². The Hall–Kier alpha value is -0.570. The second-order valence-corrected chi connectivity index (χ2v) is 5.74. The van der Waals surface area contributed by atoms with E-state index in [1.807, 2.05) is 11.9 Å². The van der Waals surface area contributed by atoms with E-state index in [4.69, 9.17) is 0 Å². The summed E-state index contributed by atoms with van der Waals surface area (Å²) in [5, 5.41) is 3.36. The normalized spacial score (nSPS) is 38.2. The molecule has 1 N–H and O–H groups in total. The minimum atomic E-state index is 0.0628. The monoisotopic (exact) mass is 224 g/mol. The molecule has 0 bridgehead atoms. The Morgan fingerprint density at radius 1 is 1.38 bits per heavy atom. The topological polar surface area (TPSA) is 32.3 Å². The highest BCUT2D eigenvalue weighted by Crippen LogP contribution is 2.38. The van der Waals surface area contributed by atoms with E-state index >= 15 is 0 Å². The Kier molecular flexibility index (Phi) is 3.53. The molecule has 2 rings (SSSR count). The third-order valence-electron chi connectivity index (χ3n) is 4.20. The van der Waals surface area contributed by atoms with Crippen molar-refractivity contribution < 1.29 is 4.79 Å². The fourth-order valence-corrected chi connectivity index (χ4v) is 2.71. The number of hydrogen-bond acceptors (Lipinski definition) is 2. The van der Waals surface area contributed by atoms with Crippen LogP contribution in [-0.4, -0.2) is 37.0 Å². The van der Waals surface area contributed by atoms with Gasteiger partial charge in [0.05, 0.1) is 6.04 Å². The molecule has 3 nitrogen and oxygen atoms in total. The summed E-state index contributed by atoms with van der Waals surface area (Å²) in [4.78, 5) is 14.2. The smallest absolute Gasteiger partial charge is 0.239 e. The molecule has 1 heterocycles. The van der Waals surface area contributed by atoms with Gasteiger partial charge in [0.15, 0.2) is 0 Å². The highest BCUT2D eigenvalue weighted by molar-refractivity contribution is 5.82. The number of likely N-dealkylation sites (N-methyl/N-ethyl adjacent to an activating group) is 1. The van der Waals surface area contributed by atoms with Crippen LogP contribution in [0, 0.1) is 17.8 Å². The maximum atomic E-state index is 12.2. The van der Waals surface area contributed by atoms with Crippen molar-refractivity contribution in [1.82, 2.24) is 10.2 Å². The summed E-state index contributed by atoms with van der Waals surface area (Å²) in [6.45, 7) is 6.39. The maximum absolute atomic E-state index is 12.2. The van der Waals surface area contributed by atoms with E-state index in [1.54, 1.807) is 0 Å². The fourth-order valence-electron chi connectivity index (χ4n) is 2.71. The maximum Gasteiger partial charge on any atom is 0.239 e. The summed E-state index contributed by atoms with van der Waals surface area (Å²) in [6, 6.07) is 0.0628. The van der Waals surface area contributed by atoms with Crippen molar-refractivity contribution in [3.8, 4) is 0 Å². The summed E-state index contributed by atoms with van der Waals surface area (Å²) < 4.78 is 0. The van der Waals surface area contributed by atoms with Crippen molar-refractivity contribution in [2.45, 2.75) is 39.2 Å². The number of amides is 1. The Bertz CT molecular complexity index is 267. The molecule has 4 unspecified atom stereocenters. The molecule has 92 valence electrons. The average molecular weight is 224 g/mol. The number of rotatable bonds is 3. The zero-order valence-electron chi connectivity index (χ0n) is 10.7. The highest BCUT2D eigenvalue weighted by atomic mass is 16.2. The summed E-state index contributed by atoms with van der Waals surface area (Å²) in [7, 11) is 1.95. The Morgan fingerprint density at radius 2 is 2.06 bits per heavy atom. The standard InChI is InChI=1S/C13H24N2O/c1-9-5-4-6-14-12(9)13(16)15(3)8-11-7-10(11)2/h9-12,14H,4-8H2,1-3H3. The molecule has 1 saturated carbocycles. The van der Waals surface area contributed by atoms with Gasteiger partial charge in [0.2, 0.25) is 5.91 Å². The van der Waals surface area contributed by atoms with Crippen molar-refractivity contribution in [3.63, 3.8) is 0 Å². The molecule has 16 heavy (non-hydrogen) atoms. The number of nitrogens with zero attached hydrogens (tertiary/aromatic N) is 1. The van der Waals surface area contributed by atoms with Gasteiger partial charge in [-0.15, -0.1) is 0 Å². The van der Waals surface area contributed by atoms with Gasteiger partial charge in [0.25, 0.3) is 0 Å².